The van der Waals surface area contributed by atoms with Crippen molar-refractivity contribution >= 4 is 17.5 Å². The van der Waals surface area contributed by atoms with E-state index in [1.807, 2.05) is 19.0 Å². The predicted octanol–water partition coefficient (Wildman–Crippen LogP) is 4.76. The normalized spacial score (nSPS) is 12.2. The van der Waals surface area contributed by atoms with Crippen molar-refractivity contribution in [2.75, 3.05) is 27.2 Å². The van der Waals surface area contributed by atoms with Crippen LogP contribution in [0.25, 0.3) is 11.4 Å². The second-order valence-corrected chi connectivity index (χ2v) is 9.20. The summed E-state index contributed by atoms with van der Waals surface area (Å²) in [6, 6.07) is 9.84. The van der Waals surface area contributed by atoms with Gasteiger partial charge in [0.2, 0.25) is 0 Å². The van der Waals surface area contributed by atoms with Crippen LogP contribution in [-0.4, -0.2) is 52.8 Å². The standard InChI is InChI=1S/C24H27ClF3N5O2/c1-23(2,35-19-11-10-15(25)14-17(19)21(34)29-12-13-32(3)4)22-31-30-20(33(22)5)16-8-6-7-9-18(16)24(26,27)28/h6-11,14H,12-13H2,1-5H3,(H,29,34). The molecule has 0 spiro atoms. The third-order valence-corrected chi connectivity index (χ3v) is 5.52. The molecular formula is C24H27ClF3N5O2. The minimum Gasteiger partial charge on any atom is -0.479 e. The van der Waals surface area contributed by atoms with Crippen LogP contribution in [0, 0.1) is 0 Å². The first-order valence-electron chi connectivity index (χ1n) is 10.8. The Morgan fingerprint density at radius 1 is 1.14 bits per heavy atom. The Morgan fingerprint density at radius 2 is 1.83 bits per heavy atom. The zero-order chi connectivity index (χ0) is 26.0. The van der Waals surface area contributed by atoms with Crippen molar-refractivity contribution in [3.8, 4) is 17.1 Å². The molecule has 1 amide bonds. The summed E-state index contributed by atoms with van der Waals surface area (Å²) in [6.45, 7) is 4.46. The number of nitrogens with one attached hydrogen (secondary N) is 1. The summed E-state index contributed by atoms with van der Waals surface area (Å²) >= 11 is 6.12. The summed E-state index contributed by atoms with van der Waals surface area (Å²) < 4.78 is 48.3. The van der Waals surface area contributed by atoms with Crippen LogP contribution >= 0.6 is 11.6 Å². The number of nitrogens with zero attached hydrogens (tertiary/aromatic N) is 4. The average Bonchev–Trinajstić information content (AvgIpc) is 3.16. The lowest BCUT2D eigenvalue weighted by Crippen LogP contribution is -2.33. The molecule has 7 nitrogen and oxygen atoms in total. The topological polar surface area (TPSA) is 72.3 Å². The summed E-state index contributed by atoms with van der Waals surface area (Å²) in [6.07, 6.45) is -4.55. The highest BCUT2D eigenvalue weighted by molar-refractivity contribution is 6.31. The summed E-state index contributed by atoms with van der Waals surface area (Å²) in [5.41, 5.74) is -1.83. The first kappa shape index (κ1) is 26.5. The van der Waals surface area contributed by atoms with Crippen LogP contribution in [0.3, 0.4) is 0 Å². The molecule has 0 bridgehead atoms. The minimum absolute atomic E-state index is 0.0439. The molecule has 0 aliphatic carbocycles. The lowest BCUT2D eigenvalue weighted by molar-refractivity contribution is -0.137. The molecule has 188 valence electrons. The zero-order valence-corrected chi connectivity index (χ0v) is 20.8. The van der Waals surface area contributed by atoms with Gasteiger partial charge in [0.05, 0.1) is 11.1 Å². The number of likely N-dealkylation sites (N-methyl/N-ethyl adjacent to an activating group) is 1. The maximum atomic E-state index is 13.5. The van der Waals surface area contributed by atoms with Crippen LogP contribution in [0.5, 0.6) is 5.75 Å². The number of halogens is 4. The monoisotopic (exact) mass is 509 g/mol. The molecule has 0 saturated carbocycles. The maximum absolute atomic E-state index is 13.5. The van der Waals surface area contributed by atoms with E-state index in [0.717, 1.165) is 6.07 Å². The molecule has 3 rings (SSSR count). The fourth-order valence-corrected chi connectivity index (χ4v) is 3.76. The molecule has 2 aromatic carbocycles. The molecule has 1 heterocycles. The SMILES string of the molecule is CN(C)CCNC(=O)c1cc(Cl)ccc1OC(C)(C)c1nnc(-c2ccccc2C(F)(F)F)n1C. The first-order chi connectivity index (χ1) is 16.3. The van der Waals surface area contributed by atoms with Crippen LogP contribution in [-0.2, 0) is 18.8 Å². The van der Waals surface area contributed by atoms with Crippen molar-refractivity contribution in [1.82, 2.24) is 25.0 Å². The van der Waals surface area contributed by atoms with Crippen molar-refractivity contribution in [2.45, 2.75) is 25.6 Å². The molecule has 3 aromatic rings. The number of carbonyl (C=O) groups is 1. The molecule has 0 aliphatic heterocycles. The quantitative estimate of drug-likeness (QED) is 0.474. The zero-order valence-electron chi connectivity index (χ0n) is 20.1. The lowest BCUT2D eigenvalue weighted by atomic mass is 10.1. The fraction of sp³-hybridized carbons (Fsp3) is 0.375. The fourth-order valence-electron chi connectivity index (χ4n) is 3.59. The van der Waals surface area contributed by atoms with Gasteiger partial charge in [0.25, 0.3) is 5.91 Å². The molecule has 1 aromatic heterocycles. The third-order valence-electron chi connectivity index (χ3n) is 5.28. The van der Waals surface area contributed by atoms with E-state index in [0.29, 0.717) is 18.1 Å². The van der Waals surface area contributed by atoms with Gasteiger partial charge in [0.1, 0.15) is 5.75 Å². The largest absolute Gasteiger partial charge is 0.479 e. The van der Waals surface area contributed by atoms with Crippen molar-refractivity contribution in [2.24, 2.45) is 7.05 Å². The van der Waals surface area contributed by atoms with E-state index < -0.39 is 17.3 Å². The van der Waals surface area contributed by atoms with Gasteiger partial charge in [-0.3, -0.25) is 4.79 Å². The highest BCUT2D eigenvalue weighted by Gasteiger charge is 2.36. The first-order valence-corrected chi connectivity index (χ1v) is 11.2. The van der Waals surface area contributed by atoms with Crippen molar-refractivity contribution in [3.63, 3.8) is 0 Å². The van der Waals surface area contributed by atoms with E-state index in [4.69, 9.17) is 16.3 Å². The molecule has 0 saturated heterocycles. The van der Waals surface area contributed by atoms with Gasteiger partial charge in [-0.2, -0.15) is 13.2 Å². The number of benzene rings is 2. The van der Waals surface area contributed by atoms with Crippen LogP contribution in [0.1, 0.15) is 35.6 Å². The number of aromatic nitrogens is 3. The Labute approximate surface area is 206 Å². The highest BCUT2D eigenvalue weighted by atomic mass is 35.5. The molecule has 35 heavy (non-hydrogen) atoms. The van der Waals surface area contributed by atoms with E-state index in [2.05, 4.69) is 15.5 Å². The predicted molar refractivity (Wildman–Crippen MR) is 127 cm³/mol. The van der Waals surface area contributed by atoms with Crippen molar-refractivity contribution < 1.29 is 22.7 Å². The smallest absolute Gasteiger partial charge is 0.417 e. The van der Waals surface area contributed by atoms with Gasteiger partial charge in [-0.05, 0) is 52.2 Å². The third kappa shape index (κ3) is 6.12. The molecule has 0 aliphatic rings. The number of ether oxygens (including phenoxy) is 1. The number of hydrogen-bond acceptors (Lipinski definition) is 5. The van der Waals surface area contributed by atoms with Gasteiger partial charge in [0.15, 0.2) is 17.2 Å². The van der Waals surface area contributed by atoms with Gasteiger partial charge >= 0.3 is 6.18 Å². The molecule has 1 N–H and O–H groups in total. The van der Waals surface area contributed by atoms with Gasteiger partial charge in [-0.15, -0.1) is 10.2 Å². The Balaban J connectivity index is 1.93. The molecule has 11 heteroatoms. The van der Waals surface area contributed by atoms with Crippen LogP contribution in [0.4, 0.5) is 13.2 Å². The lowest BCUT2D eigenvalue weighted by Gasteiger charge is -2.27. The van der Waals surface area contributed by atoms with Gasteiger partial charge in [-0.25, -0.2) is 0 Å². The maximum Gasteiger partial charge on any atom is 0.417 e. The number of alkyl halides is 3. The van der Waals surface area contributed by atoms with E-state index in [1.54, 1.807) is 33.0 Å². The number of hydrogen-bond donors (Lipinski definition) is 1. The van der Waals surface area contributed by atoms with Crippen LogP contribution < -0.4 is 10.1 Å². The Morgan fingerprint density at radius 3 is 2.49 bits per heavy atom. The molecule has 0 fully saturated rings. The van der Waals surface area contributed by atoms with Gasteiger partial charge in [0, 0.05) is 30.7 Å². The highest BCUT2D eigenvalue weighted by Crippen LogP contribution is 2.37. The summed E-state index contributed by atoms with van der Waals surface area (Å²) in [5.74, 6) is 0.209. The van der Waals surface area contributed by atoms with Crippen molar-refractivity contribution in [1.29, 1.82) is 0 Å². The van der Waals surface area contributed by atoms with E-state index in [9.17, 15) is 18.0 Å². The van der Waals surface area contributed by atoms with E-state index in [-0.39, 0.29) is 34.4 Å². The van der Waals surface area contributed by atoms with E-state index >= 15 is 0 Å². The molecule has 0 radical (unpaired) electrons. The molecule has 0 atom stereocenters. The van der Waals surface area contributed by atoms with E-state index in [1.165, 1.54) is 28.8 Å². The van der Waals surface area contributed by atoms with Crippen molar-refractivity contribution in [3.05, 3.63) is 64.4 Å². The van der Waals surface area contributed by atoms with Crippen LogP contribution in [0.15, 0.2) is 42.5 Å². The Kier molecular flexibility index (Phi) is 7.76. The van der Waals surface area contributed by atoms with Gasteiger partial charge < -0.3 is 19.5 Å². The molecular weight excluding hydrogens is 483 g/mol. The number of rotatable bonds is 8. The van der Waals surface area contributed by atoms with Gasteiger partial charge in [-0.1, -0.05) is 29.8 Å². The molecule has 0 unspecified atom stereocenters. The Bertz CT molecular complexity index is 1210. The summed E-state index contributed by atoms with van der Waals surface area (Å²) in [5, 5.41) is 11.3. The second-order valence-electron chi connectivity index (χ2n) is 8.76. The Hall–Kier alpha value is -3.11. The number of amides is 1. The minimum atomic E-state index is -4.55. The number of carbonyl (C=O) groups excluding carboxylic acids is 1. The summed E-state index contributed by atoms with van der Waals surface area (Å²) in [7, 11) is 5.36. The van der Waals surface area contributed by atoms with Crippen LogP contribution in [0.2, 0.25) is 5.02 Å². The second kappa shape index (κ2) is 10.2. The summed E-state index contributed by atoms with van der Waals surface area (Å²) in [4.78, 5) is 14.7. The average molecular weight is 510 g/mol.